The van der Waals surface area contributed by atoms with E-state index >= 15 is 0 Å². The van der Waals surface area contributed by atoms with Gasteiger partial charge in [0.1, 0.15) is 12.0 Å². The van der Waals surface area contributed by atoms with Gasteiger partial charge in [-0.05, 0) is 17.7 Å². The third-order valence-corrected chi connectivity index (χ3v) is 3.78. The molecule has 3 rings (SSSR count). The Morgan fingerprint density at radius 3 is 2.58 bits per heavy atom. The van der Waals surface area contributed by atoms with Crippen LogP contribution < -0.4 is 10.6 Å². The number of cyclic esters (lactones) is 1. The van der Waals surface area contributed by atoms with Gasteiger partial charge < -0.3 is 19.8 Å². The zero-order chi connectivity index (χ0) is 18.9. The standard InChI is InChI=1S/C15H11ClF3N3O4/c16-8-3-1-7(2-4-8)11(9-6-25-13(21-9)15(17,18)19)22-12(23)10-5-20-14(24)26-10/h1-4,6,10-11H,5H2,(H,20,24)(H,22,23)/t10?,11-/m0/s1. The van der Waals surface area contributed by atoms with E-state index in [1.54, 1.807) is 0 Å². The van der Waals surface area contributed by atoms with E-state index in [9.17, 15) is 22.8 Å². The molecule has 1 fully saturated rings. The Kier molecular flexibility index (Phi) is 4.77. The average Bonchev–Trinajstić information content (AvgIpc) is 3.22. The maximum absolute atomic E-state index is 12.7. The van der Waals surface area contributed by atoms with Crippen molar-refractivity contribution in [3.05, 3.63) is 52.7 Å². The van der Waals surface area contributed by atoms with Gasteiger partial charge in [-0.15, -0.1) is 0 Å². The molecule has 2 N–H and O–H groups in total. The fraction of sp³-hybridized carbons (Fsp3) is 0.267. The fourth-order valence-electron chi connectivity index (χ4n) is 2.30. The summed E-state index contributed by atoms with van der Waals surface area (Å²) in [6.07, 6.45) is -5.82. The lowest BCUT2D eigenvalue weighted by molar-refractivity contribution is -0.157. The number of amides is 2. The molecule has 2 aromatic rings. The largest absolute Gasteiger partial charge is 0.468 e. The van der Waals surface area contributed by atoms with Gasteiger partial charge >= 0.3 is 18.2 Å². The summed E-state index contributed by atoms with van der Waals surface area (Å²) in [7, 11) is 0. The SMILES string of the molecule is O=C1NCC(C(=O)N[C@@H](c2ccc(Cl)cc2)c2coc(C(F)(F)F)n2)O1. The second-order valence-electron chi connectivity index (χ2n) is 5.34. The highest BCUT2D eigenvalue weighted by atomic mass is 35.5. The number of alkyl carbamates (subject to hydrolysis) is 1. The van der Waals surface area contributed by atoms with Gasteiger partial charge in [0.25, 0.3) is 5.91 Å². The van der Waals surface area contributed by atoms with Gasteiger partial charge in [0, 0.05) is 5.02 Å². The van der Waals surface area contributed by atoms with Crippen LogP contribution in [0.3, 0.4) is 0 Å². The van der Waals surface area contributed by atoms with Gasteiger partial charge in [-0.3, -0.25) is 4.79 Å². The molecule has 2 atom stereocenters. The van der Waals surface area contributed by atoms with Gasteiger partial charge in [0.15, 0.2) is 6.10 Å². The number of aromatic nitrogens is 1. The lowest BCUT2D eigenvalue weighted by atomic mass is 10.0. The molecule has 0 spiro atoms. The summed E-state index contributed by atoms with van der Waals surface area (Å²) in [4.78, 5) is 26.8. The van der Waals surface area contributed by atoms with Crippen molar-refractivity contribution in [3.8, 4) is 0 Å². The summed E-state index contributed by atoms with van der Waals surface area (Å²) in [6, 6.07) is 5.01. The zero-order valence-corrected chi connectivity index (χ0v) is 13.6. The van der Waals surface area contributed by atoms with Gasteiger partial charge in [-0.1, -0.05) is 23.7 Å². The molecule has 0 saturated carbocycles. The Morgan fingerprint density at radius 2 is 2.04 bits per heavy atom. The maximum Gasteiger partial charge on any atom is 0.468 e. The van der Waals surface area contributed by atoms with Crippen molar-refractivity contribution in [2.45, 2.75) is 18.3 Å². The highest BCUT2D eigenvalue weighted by molar-refractivity contribution is 6.30. The molecule has 138 valence electrons. The van der Waals surface area contributed by atoms with Crippen molar-refractivity contribution in [3.63, 3.8) is 0 Å². The van der Waals surface area contributed by atoms with Crippen LogP contribution in [0.25, 0.3) is 0 Å². The first-order chi connectivity index (χ1) is 12.2. The fourth-order valence-corrected chi connectivity index (χ4v) is 2.43. The normalized spacial score (nSPS) is 18.2. The van der Waals surface area contributed by atoms with Crippen molar-refractivity contribution in [2.24, 2.45) is 0 Å². The predicted molar refractivity (Wildman–Crippen MR) is 81.2 cm³/mol. The number of hydrogen-bond acceptors (Lipinski definition) is 5. The number of carbonyl (C=O) groups is 2. The van der Waals surface area contributed by atoms with E-state index in [2.05, 4.69) is 20.0 Å². The van der Waals surface area contributed by atoms with Gasteiger partial charge in [0.05, 0.1) is 12.6 Å². The highest BCUT2D eigenvalue weighted by Gasteiger charge is 2.39. The van der Waals surface area contributed by atoms with Crippen molar-refractivity contribution >= 4 is 23.6 Å². The molecule has 1 saturated heterocycles. The van der Waals surface area contributed by atoms with Crippen LogP contribution in [0.1, 0.15) is 23.2 Å². The minimum Gasteiger partial charge on any atom is -0.441 e. The Morgan fingerprint density at radius 1 is 1.35 bits per heavy atom. The van der Waals surface area contributed by atoms with E-state index in [0.717, 1.165) is 6.26 Å². The van der Waals surface area contributed by atoms with E-state index in [0.29, 0.717) is 10.6 Å². The van der Waals surface area contributed by atoms with Crippen LogP contribution in [-0.2, 0) is 15.7 Å². The Bertz CT molecular complexity index is 822. The molecule has 1 aliphatic heterocycles. The van der Waals surface area contributed by atoms with Crippen LogP contribution in [0.15, 0.2) is 34.9 Å². The quantitative estimate of drug-likeness (QED) is 0.838. The number of alkyl halides is 3. The number of hydrogen-bond donors (Lipinski definition) is 2. The van der Waals surface area contributed by atoms with Crippen LogP contribution in [0.4, 0.5) is 18.0 Å². The minimum absolute atomic E-state index is 0.0510. The third-order valence-electron chi connectivity index (χ3n) is 3.52. The summed E-state index contributed by atoms with van der Waals surface area (Å²) in [6.45, 7) is -0.0510. The molecule has 2 amide bonds. The second-order valence-corrected chi connectivity index (χ2v) is 5.78. The van der Waals surface area contributed by atoms with E-state index in [1.165, 1.54) is 24.3 Å². The zero-order valence-electron chi connectivity index (χ0n) is 12.8. The van der Waals surface area contributed by atoms with E-state index in [-0.39, 0.29) is 12.2 Å². The summed E-state index contributed by atoms with van der Waals surface area (Å²) < 4.78 is 47.5. The molecule has 1 unspecified atom stereocenters. The predicted octanol–water partition coefficient (Wildman–Crippen LogP) is 2.66. The lowest BCUT2D eigenvalue weighted by Gasteiger charge is -2.18. The van der Waals surface area contributed by atoms with Crippen LogP contribution >= 0.6 is 11.6 Å². The van der Waals surface area contributed by atoms with Gasteiger partial charge in [0.2, 0.25) is 0 Å². The molecule has 26 heavy (non-hydrogen) atoms. The Labute approximate surface area is 149 Å². The summed E-state index contributed by atoms with van der Waals surface area (Å²) >= 11 is 5.82. The number of carbonyl (C=O) groups excluding carboxylic acids is 2. The number of nitrogens with zero attached hydrogens (tertiary/aromatic N) is 1. The van der Waals surface area contributed by atoms with Crippen molar-refractivity contribution < 1.29 is 31.9 Å². The Balaban J connectivity index is 1.89. The number of benzene rings is 1. The number of ether oxygens (including phenoxy) is 1. The average molecular weight is 390 g/mol. The maximum atomic E-state index is 12.7. The van der Waals surface area contributed by atoms with Crippen molar-refractivity contribution in [2.75, 3.05) is 6.54 Å². The summed E-state index contributed by atoms with van der Waals surface area (Å²) in [5.41, 5.74) is 0.257. The number of nitrogens with one attached hydrogen (secondary N) is 2. The van der Waals surface area contributed by atoms with Gasteiger partial charge in [-0.25, -0.2) is 9.78 Å². The molecule has 11 heteroatoms. The van der Waals surface area contributed by atoms with Gasteiger partial charge in [-0.2, -0.15) is 13.2 Å². The van der Waals surface area contributed by atoms with Crippen LogP contribution in [-0.4, -0.2) is 29.6 Å². The topological polar surface area (TPSA) is 93.5 Å². The molecule has 1 aliphatic rings. The van der Waals surface area contributed by atoms with E-state index in [1.807, 2.05) is 0 Å². The number of oxazole rings is 1. The summed E-state index contributed by atoms with van der Waals surface area (Å²) in [5, 5.41) is 5.23. The minimum atomic E-state index is -4.77. The number of rotatable bonds is 4. The first-order valence-corrected chi connectivity index (χ1v) is 7.65. The van der Waals surface area contributed by atoms with Crippen molar-refractivity contribution in [1.82, 2.24) is 15.6 Å². The molecule has 0 bridgehead atoms. The molecule has 7 nitrogen and oxygen atoms in total. The molecule has 0 aliphatic carbocycles. The van der Waals surface area contributed by atoms with Crippen LogP contribution in [0, 0.1) is 0 Å². The van der Waals surface area contributed by atoms with E-state index < -0.39 is 36.2 Å². The monoisotopic (exact) mass is 389 g/mol. The van der Waals surface area contributed by atoms with Crippen molar-refractivity contribution in [1.29, 1.82) is 0 Å². The third kappa shape index (κ3) is 3.90. The second kappa shape index (κ2) is 6.87. The van der Waals surface area contributed by atoms with Crippen LogP contribution in [0.2, 0.25) is 5.02 Å². The lowest BCUT2D eigenvalue weighted by Crippen LogP contribution is -2.39. The highest BCUT2D eigenvalue weighted by Crippen LogP contribution is 2.31. The van der Waals surface area contributed by atoms with E-state index in [4.69, 9.17) is 16.3 Å². The van der Waals surface area contributed by atoms with Crippen LogP contribution in [0.5, 0.6) is 0 Å². The molecule has 2 heterocycles. The number of halogens is 4. The Hall–Kier alpha value is -2.75. The molecule has 1 aromatic heterocycles. The molecular formula is C15H11ClF3N3O4. The molecule has 1 aromatic carbocycles. The first kappa shape index (κ1) is 18.1. The smallest absolute Gasteiger partial charge is 0.441 e. The first-order valence-electron chi connectivity index (χ1n) is 7.27. The molecular weight excluding hydrogens is 379 g/mol. The summed E-state index contributed by atoms with van der Waals surface area (Å²) in [5.74, 6) is -2.13. The molecule has 0 radical (unpaired) electrons.